The number of halogens is 3. The van der Waals surface area contributed by atoms with Gasteiger partial charge in [-0.3, -0.25) is 4.40 Å². The fourth-order valence-electron chi connectivity index (χ4n) is 2.85. The number of nitrogens with zero attached hydrogens (tertiary/aromatic N) is 4. The van der Waals surface area contributed by atoms with Gasteiger partial charge in [-0.2, -0.15) is 13.2 Å². The molecule has 4 aromatic rings. The third-order valence-corrected chi connectivity index (χ3v) is 4.03. The molecule has 9 heteroatoms. The van der Waals surface area contributed by atoms with Crippen LogP contribution in [-0.2, 0) is 6.18 Å². The zero-order valence-corrected chi connectivity index (χ0v) is 13.8. The lowest BCUT2D eigenvalue weighted by atomic mass is 10.2. The number of hydrogen-bond donors (Lipinski definition) is 2. The van der Waals surface area contributed by atoms with Crippen LogP contribution in [-0.4, -0.2) is 30.9 Å². The van der Waals surface area contributed by atoms with Crippen molar-refractivity contribution in [1.82, 2.24) is 24.3 Å². The standard InChI is InChI=1S/C17H15F3N6/c1-2-5-21-15-16-24-9-13(14-22-6-7-23-14)26(16)12-4-3-10(17(18,19)20)8-11(12)25-15/h3-4,6-9H,2,5H2,1H3,(H,21,25)(H,22,23). The first-order valence-electron chi connectivity index (χ1n) is 8.11. The van der Waals surface area contributed by atoms with E-state index >= 15 is 0 Å². The van der Waals surface area contributed by atoms with Crippen molar-refractivity contribution in [3.63, 3.8) is 0 Å². The van der Waals surface area contributed by atoms with Gasteiger partial charge in [0.15, 0.2) is 17.3 Å². The first kappa shape index (κ1) is 16.4. The van der Waals surface area contributed by atoms with Crippen LogP contribution in [0.25, 0.3) is 28.2 Å². The van der Waals surface area contributed by atoms with E-state index in [0.29, 0.717) is 35.0 Å². The van der Waals surface area contributed by atoms with Crippen LogP contribution < -0.4 is 5.32 Å². The molecule has 0 aliphatic rings. The van der Waals surface area contributed by atoms with Crippen molar-refractivity contribution in [2.75, 3.05) is 11.9 Å². The lowest BCUT2D eigenvalue weighted by molar-refractivity contribution is -0.137. The Labute approximate surface area is 146 Å². The number of alkyl halides is 3. The Morgan fingerprint density at radius 2 is 2.08 bits per heavy atom. The van der Waals surface area contributed by atoms with Crippen LogP contribution in [0.3, 0.4) is 0 Å². The van der Waals surface area contributed by atoms with Gasteiger partial charge in [0.2, 0.25) is 0 Å². The summed E-state index contributed by atoms with van der Waals surface area (Å²) < 4.78 is 41.1. The van der Waals surface area contributed by atoms with Crippen molar-refractivity contribution in [1.29, 1.82) is 0 Å². The largest absolute Gasteiger partial charge is 0.416 e. The smallest absolute Gasteiger partial charge is 0.367 e. The van der Waals surface area contributed by atoms with Crippen molar-refractivity contribution in [3.8, 4) is 11.5 Å². The van der Waals surface area contributed by atoms with Crippen molar-refractivity contribution < 1.29 is 13.2 Å². The molecule has 0 radical (unpaired) electrons. The van der Waals surface area contributed by atoms with Gasteiger partial charge < -0.3 is 10.3 Å². The van der Waals surface area contributed by atoms with E-state index in [1.807, 2.05) is 6.92 Å². The summed E-state index contributed by atoms with van der Waals surface area (Å²) in [5.41, 5.74) is 1.21. The van der Waals surface area contributed by atoms with Gasteiger partial charge in [0.05, 0.1) is 22.8 Å². The SMILES string of the molecule is CCCNc1nc2cc(C(F)(F)F)ccc2n2c(-c3ncc[nH]3)cnc12. The predicted octanol–water partition coefficient (Wildman–Crippen LogP) is 4.11. The molecule has 0 atom stereocenters. The van der Waals surface area contributed by atoms with Crippen LogP contribution in [0, 0.1) is 0 Å². The Morgan fingerprint density at radius 1 is 1.23 bits per heavy atom. The van der Waals surface area contributed by atoms with Gasteiger partial charge in [-0.05, 0) is 24.6 Å². The molecular formula is C17H15F3N6. The molecule has 1 aromatic carbocycles. The minimum Gasteiger partial charge on any atom is -0.367 e. The summed E-state index contributed by atoms with van der Waals surface area (Å²) in [5, 5.41) is 3.14. The highest BCUT2D eigenvalue weighted by Gasteiger charge is 2.31. The maximum absolute atomic E-state index is 13.1. The van der Waals surface area contributed by atoms with Gasteiger partial charge >= 0.3 is 6.18 Å². The highest BCUT2D eigenvalue weighted by Crippen LogP contribution is 2.33. The minimum atomic E-state index is -4.43. The number of rotatable bonds is 4. The van der Waals surface area contributed by atoms with Crippen LogP contribution in [0.2, 0.25) is 0 Å². The second-order valence-electron chi connectivity index (χ2n) is 5.83. The van der Waals surface area contributed by atoms with Crippen LogP contribution in [0.15, 0.2) is 36.8 Å². The summed E-state index contributed by atoms with van der Waals surface area (Å²) in [6, 6.07) is 3.52. The quantitative estimate of drug-likeness (QED) is 0.574. The summed E-state index contributed by atoms with van der Waals surface area (Å²) in [4.78, 5) is 16.0. The van der Waals surface area contributed by atoms with E-state index in [4.69, 9.17) is 0 Å². The molecule has 2 N–H and O–H groups in total. The number of aromatic nitrogens is 5. The first-order valence-corrected chi connectivity index (χ1v) is 8.11. The Hall–Kier alpha value is -3.10. The van der Waals surface area contributed by atoms with Crippen LogP contribution in [0.4, 0.5) is 19.0 Å². The summed E-state index contributed by atoms with van der Waals surface area (Å²) >= 11 is 0. The first-order chi connectivity index (χ1) is 12.5. The van der Waals surface area contributed by atoms with E-state index in [2.05, 4.69) is 25.3 Å². The molecule has 0 aliphatic carbocycles. The van der Waals surface area contributed by atoms with E-state index in [1.165, 1.54) is 6.07 Å². The molecule has 4 rings (SSSR count). The normalized spacial score (nSPS) is 12.2. The van der Waals surface area contributed by atoms with Gasteiger partial charge in [-0.15, -0.1) is 0 Å². The summed E-state index contributed by atoms with van der Waals surface area (Å²) in [5.74, 6) is 1.02. The van der Waals surface area contributed by atoms with Gasteiger partial charge in [-0.25, -0.2) is 15.0 Å². The fraction of sp³-hybridized carbons (Fsp3) is 0.235. The molecule has 0 aliphatic heterocycles. The number of hydrogen-bond acceptors (Lipinski definition) is 4. The Morgan fingerprint density at radius 3 is 2.77 bits per heavy atom. The number of benzene rings is 1. The zero-order valence-electron chi connectivity index (χ0n) is 13.8. The molecule has 0 spiro atoms. The molecule has 6 nitrogen and oxygen atoms in total. The lowest BCUT2D eigenvalue weighted by Crippen LogP contribution is -2.08. The van der Waals surface area contributed by atoms with Crippen molar-refractivity contribution in [2.45, 2.75) is 19.5 Å². The molecule has 134 valence electrons. The molecule has 0 unspecified atom stereocenters. The Bertz CT molecular complexity index is 1070. The molecule has 3 heterocycles. The van der Waals surface area contributed by atoms with Crippen LogP contribution in [0.1, 0.15) is 18.9 Å². The second-order valence-corrected chi connectivity index (χ2v) is 5.83. The van der Waals surface area contributed by atoms with Gasteiger partial charge in [0.1, 0.15) is 5.69 Å². The monoisotopic (exact) mass is 360 g/mol. The molecule has 0 saturated carbocycles. The Kier molecular flexibility index (Phi) is 3.78. The molecule has 0 fully saturated rings. The number of nitrogens with one attached hydrogen (secondary N) is 2. The topological polar surface area (TPSA) is 70.9 Å². The van der Waals surface area contributed by atoms with Gasteiger partial charge in [0.25, 0.3) is 0 Å². The van der Waals surface area contributed by atoms with Crippen LogP contribution in [0.5, 0.6) is 0 Å². The number of anilines is 1. The molecule has 0 saturated heterocycles. The van der Waals surface area contributed by atoms with E-state index in [-0.39, 0.29) is 5.52 Å². The second kappa shape index (κ2) is 6.01. The number of imidazole rings is 2. The van der Waals surface area contributed by atoms with Crippen molar-refractivity contribution >= 4 is 22.5 Å². The number of H-pyrrole nitrogens is 1. The molecular weight excluding hydrogens is 345 g/mol. The molecule has 0 amide bonds. The third-order valence-electron chi connectivity index (χ3n) is 4.03. The summed E-state index contributed by atoms with van der Waals surface area (Å²) in [6.45, 7) is 2.63. The molecule has 0 bridgehead atoms. The Balaban J connectivity index is 2.03. The molecule has 3 aromatic heterocycles. The van der Waals surface area contributed by atoms with Crippen LogP contribution >= 0.6 is 0 Å². The van der Waals surface area contributed by atoms with E-state index in [1.54, 1.807) is 23.0 Å². The highest BCUT2D eigenvalue weighted by molar-refractivity contribution is 5.86. The van der Waals surface area contributed by atoms with E-state index < -0.39 is 11.7 Å². The zero-order chi connectivity index (χ0) is 18.3. The summed E-state index contributed by atoms with van der Waals surface area (Å²) in [7, 11) is 0. The summed E-state index contributed by atoms with van der Waals surface area (Å²) in [6.07, 6.45) is 1.33. The molecule has 26 heavy (non-hydrogen) atoms. The number of fused-ring (bicyclic) bond motifs is 3. The van der Waals surface area contributed by atoms with Gasteiger partial charge in [0, 0.05) is 18.9 Å². The maximum Gasteiger partial charge on any atom is 0.416 e. The third kappa shape index (κ3) is 2.65. The minimum absolute atomic E-state index is 0.233. The highest BCUT2D eigenvalue weighted by atomic mass is 19.4. The van der Waals surface area contributed by atoms with E-state index in [0.717, 1.165) is 18.6 Å². The van der Waals surface area contributed by atoms with Gasteiger partial charge in [-0.1, -0.05) is 6.92 Å². The number of aromatic amines is 1. The predicted molar refractivity (Wildman–Crippen MR) is 91.9 cm³/mol. The van der Waals surface area contributed by atoms with Crippen molar-refractivity contribution in [2.24, 2.45) is 0 Å². The maximum atomic E-state index is 13.1. The fourth-order valence-corrected chi connectivity index (χ4v) is 2.85. The average Bonchev–Trinajstić information content (AvgIpc) is 3.27. The van der Waals surface area contributed by atoms with Crippen molar-refractivity contribution in [3.05, 3.63) is 42.4 Å². The average molecular weight is 360 g/mol. The lowest BCUT2D eigenvalue weighted by Gasteiger charge is -2.12. The van der Waals surface area contributed by atoms with E-state index in [9.17, 15) is 13.2 Å².